The Hall–Kier alpha value is -0.970. The van der Waals surface area contributed by atoms with Gasteiger partial charge in [0.1, 0.15) is 6.04 Å². The first-order valence-electron chi connectivity index (χ1n) is 7.53. The monoisotopic (exact) mass is 347 g/mol. The van der Waals surface area contributed by atoms with Gasteiger partial charge in [-0.25, -0.2) is 0 Å². The Labute approximate surface area is 143 Å². The normalized spacial score (nSPS) is 12.7. The lowest BCUT2D eigenvalue weighted by atomic mass is 10.1. The fraction of sp³-hybridized carbons (Fsp3) is 0.562. The van der Waals surface area contributed by atoms with Crippen LogP contribution in [0.1, 0.15) is 40.0 Å². The van der Waals surface area contributed by atoms with Gasteiger partial charge in [0.05, 0.1) is 0 Å². The van der Waals surface area contributed by atoms with Gasteiger partial charge in [-0.05, 0) is 45.5 Å². The molecule has 126 valence electrons. The molecular weight excluding hydrogens is 321 g/mol. The highest BCUT2D eigenvalue weighted by atomic mass is 35.5. The van der Waals surface area contributed by atoms with Gasteiger partial charge in [0.2, 0.25) is 5.91 Å². The summed E-state index contributed by atoms with van der Waals surface area (Å²) in [7, 11) is 1.50. The summed E-state index contributed by atoms with van der Waals surface area (Å²) in [6.45, 7) is 5.98. The molecule has 0 heterocycles. The lowest BCUT2D eigenvalue weighted by Gasteiger charge is -2.19. The summed E-state index contributed by atoms with van der Waals surface area (Å²) in [6, 6.07) is 5.00. The molecule has 1 unspecified atom stereocenters. The van der Waals surface area contributed by atoms with Crippen molar-refractivity contribution in [3.8, 4) is 0 Å². The number of benzene rings is 1. The quantitative estimate of drug-likeness (QED) is 0.696. The van der Waals surface area contributed by atoms with Gasteiger partial charge in [-0.2, -0.15) is 0 Å². The van der Waals surface area contributed by atoms with Crippen molar-refractivity contribution in [2.24, 2.45) is 5.73 Å². The van der Waals surface area contributed by atoms with Crippen LogP contribution in [0.2, 0.25) is 10.0 Å². The molecule has 0 bridgehead atoms. The molecular formula is C16H27Cl2N3O. The smallest absolute Gasteiger partial charge is 0.242 e. The van der Waals surface area contributed by atoms with E-state index in [1.807, 2.05) is 13.8 Å². The van der Waals surface area contributed by atoms with E-state index in [0.717, 1.165) is 24.9 Å². The molecule has 4 N–H and O–H groups in total. The number of carbonyl (C=O) groups excluding carboxylic acids is 1. The number of rotatable bonds is 7. The van der Waals surface area contributed by atoms with E-state index in [-0.39, 0.29) is 18.0 Å². The fourth-order valence-electron chi connectivity index (χ4n) is 1.90. The minimum Gasteiger partial charge on any atom is -0.374 e. The molecule has 0 fully saturated rings. The van der Waals surface area contributed by atoms with E-state index in [0.29, 0.717) is 10.0 Å². The van der Waals surface area contributed by atoms with Crippen LogP contribution in [0.25, 0.3) is 0 Å². The summed E-state index contributed by atoms with van der Waals surface area (Å²) in [5.41, 5.74) is 5.24. The summed E-state index contributed by atoms with van der Waals surface area (Å²) in [4.78, 5) is 12.1. The highest BCUT2D eigenvalue weighted by molar-refractivity contribution is 6.35. The van der Waals surface area contributed by atoms with Crippen LogP contribution in [0.15, 0.2) is 18.2 Å². The molecule has 1 aromatic rings. The third kappa shape index (κ3) is 8.47. The van der Waals surface area contributed by atoms with Gasteiger partial charge >= 0.3 is 0 Å². The lowest BCUT2D eigenvalue weighted by Crippen LogP contribution is -2.42. The second-order valence-corrected chi connectivity index (χ2v) is 5.95. The Morgan fingerprint density at radius 1 is 1.18 bits per heavy atom. The SMILES string of the molecule is CCCCC(C)NC(=O)[C@H](C)Nc1cc(Cl)cc(Cl)c1.CN. The molecule has 1 amide bonds. The van der Waals surface area contributed by atoms with Crippen LogP contribution in [-0.4, -0.2) is 25.0 Å². The van der Waals surface area contributed by atoms with Crippen molar-refractivity contribution in [1.82, 2.24) is 5.32 Å². The molecule has 0 saturated carbocycles. The minimum atomic E-state index is -0.339. The van der Waals surface area contributed by atoms with Gasteiger partial charge in [-0.15, -0.1) is 0 Å². The first kappa shape index (κ1) is 21.0. The summed E-state index contributed by atoms with van der Waals surface area (Å²) < 4.78 is 0. The van der Waals surface area contributed by atoms with E-state index < -0.39 is 0 Å². The van der Waals surface area contributed by atoms with Crippen molar-refractivity contribution in [3.63, 3.8) is 0 Å². The fourth-order valence-corrected chi connectivity index (χ4v) is 2.43. The van der Waals surface area contributed by atoms with Crippen molar-refractivity contribution in [3.05, 3.63) is 28.2 Å². The molecule has 4 nitrogen and oxygen atoms in total. The van der Waals surface area contributed by atoms with Crippen LogP contribution in [-0.2, 0) is 4.79 Å². The van der Waals surface area contributed by atoms with Gasteiger partial charge in [0, 0.05) is 21.8 Å². The highest BCUT2D eigenvalue weighted by Crippen LogP contribution is 2.22. The third-order valence-corrected chi connectivity index (χ3v) is 3.45. The maximum Gasteiger partial charge on any atom is 0.242 e. The second kappa shape index (κ2) is 11.6. The van der Waals surface area contributed by atoms with Gasteiger partial charge in [0.15, 0.2) is 0 Å². The van der Waals surface area contributed by atoms with E-state index in [2.05, 4.69) is 23.3 Å². The number of hydrogen-bond donors (Lipinski definition) is 3. The molecule has 2 atom stereocenters. The Morgan fingerprint density at radius 2 is 1.73 bits per heavy atom. The molecule has 1 aromatic carbocycles. The van der Waals surface area contributed by atoms with Crippen LogP contribution in [0.3, 0.4) is 0 Å². The predicted octanol–water partition coefficient (Wildman–Crippen LogP) is 4.06. The number of nitrogens with two attached hydrogens (primary N) is 1. The first-order chi connectivity index (χ1) is 10.4. The predicted molar refractivity (Wildman–Crippen MR) is 96.8 cm³/mol. The molecule has 0 radical (unpaired) electrons. The zero-order valence-electron chi connectivity index (χ0n) is 13.7. The molecule has 6 heteroatoms. The molecule has 0 aromatic heterocycles. The number of unbranched alkanes of at least 4 members (excludes halogenated alkanes) is 1. The van der Waals surface area contributed by atoms with Crippen molar-refractivity contribution in [2.45, 2.75) is 52.1 Å². The maximum atomic E-state index is 12.1. The van der Waals surface area contributed by atoms with E-state index in [9.17, 15) is 4.79 Å². The zero-order valence-corrected chi connectivity index (χ0v) is 15.3. The standard InChI is InChI=1S/C15H22Cl2N2O.CH5N/c1-4-5-6-10(2)18-15(20)11(3)19-14-8-12(16)7-13(17)9-14;1-2/h7-11,19H,4-6H2,1-3H3,(H,18,20);2H2,1H3/t10?,11-;/m0./s1. The van der Waals surface area contributed by atoms with Crippen LogP contribution in [0.5, 0.6) is 0 Å². The average molecular weight is 348 g/mol. The highest BCUT2D eigenvalue weighted by Gasteiger charge is 2.15. The van der Waals surface area contributed by atoms with Crippen molar-refractivity contribution < 1.29 is 4.79 Å². The molecule has 1 rings (SSSR count). The Balaban J connectivity index is 0.00000211. The summed E-state index contributed by atoms with van der Waals surface area (Å²) in [5, 5.41) is 7.19. The third-order valence-electron chi connectivity index (χ3n) is 3.02. The Bertz CT molecular complexity index is 435. The van der Waals surface area contributed by atoms with Crippen LogP contribution >= 0.6 is 23.2 Å². The second-order valence-electron chi connectivity index (χ2n) is 5.08. The summed E-state index contributed by atoms with van der Waals surface area (Å²) in [5.74, 6) is -0.0234. The topological polar surface area (TPSA) is 67.2 Å². The van der Waals surface area contributed by atoms with E-state index in [4.69, 9.17) is 23.2 Å². The summed E-state index contributed by atoms with van der Waals surface area (Å²) >= 11 is 11.9. The van der Waals surface area contributed by atoms with E-state index in [1.165, 1.54) is 7.05 Å². The van der Waals surface area contributed by atoms with Crippen molar-refractivity contribution in [2.75, 3.05) is 12.4 Å². The zero-order chi connectivity index (χ0) is 17.1. The van der Waals surface area contributed by atoms with Crippen molar-refractivity contribution >= 4 is 34.8 Å². The van der Waals surface area contributed by atoms with Crippen molar-refractivity contribution in [1.29, 1.82) is 0 Å². The van der Waals surface area contributed by atoms with Gasteiger partial charge in [-0.1, -0.05) is 43.0 Å². The van der Waals surface area contributed by atoms with Gasteiger partial charge in [0.25, 0.3) is 0 Å². The first-order valence-corrected chi connectivity index (χ1v) is 8.28. The molecule has 0 aliphatic carbocycles. The average Bonchev–Trinajstić information content (AvgIpc) is 2.46. The lowest BCUT2D eigenvalue weighted by molar-refractivity contribution is -0.122. The summed E-state index contributed by atoms with van der Waals surface area (Å²) in [6.07, 6.45) is 3.25. The van der Waals surface area contributed by atoms with Crippen LogP contribution in [0, 0.1) is 0 Å². The van der Waals surface area contributed by atoms with E-state index >= 15 is 0 Å². The van der Waals surface area contributed by atoms with Crippen LogP contribution in [0.4, 0.5) is 5.69 Å². The Kier molecular flexibility index (Phi) is 11.1. The molecule has 0 spiro atoms. The number of hydrogen-bond acceptors (Lipinski definition) is 3. The largest absolute Gasteiger partial charge is 0.374 e. The molecule has 0 aliphatic rings. The number of amides is 1. The maximum absolute atomic E-state index is 12.1. The van der Waals surface area contributed by atoms with Gasteiger partial charge in [-0.3, -0.25) is 4.79 Å². The number of nitrogens with one attached hydrogen (secondary N) is 2. The minimum absolute atomic E-state index is 0.0234. The Morgan fingerprint density at radius 3 is 2.23 bits per heavy atom. The van der Waals surface area contributed by atoms with Crippen LogP contribution < -0.4 is 16.4 Å². The van der Waals surface area contributed by atoms with E-state index in [1.54, 1.807) is 18.2 Å². The molecule has 22 heavy (non-hydrogen) atoms. The molecule has 0 aliphatic heterocycles. The number of halogens is 2. The number of anilines is 1. The molecule has 0 saturated heterocycles. The van der Waals surface area contributed by atoms with Gasteiger partial charge < -0.3 is 16.4 Å². The number of carbonyl (C=O) groups is 1.